The summed E-state index contributed by atoms with van der Waals surface area (Å²) in [5, 5.41) is 25.1. The normalized spacial score (nSPS) is 17.7. The fourth-order valence-corrected chi connectivity index (χ4v) is 5.25. The van der Waals surface area contributed by atoms with Gasteiger partial charge < -0.3 is 9.67 Å². The standard InChI is InChI=1S/C17H16N6O2S2/c1-22-13-11(14-15(22)20-17(26-14)27(2)25)7-19-23(16(13)24)8-9-4-3-5-12-10(9)6-18-21-12/h3-7,16,24H,8H2,1-2H3,(H,18,21). The minimum absolute atomic E-state index is 0.449. The maximum absolute atomic E-state index is 11.7. The number of aromatic nitrogens is 4. The highest BCUT2D eigenvalue weighted by Crippen LogP contribution is 2.37. The molecular weight excluding hydrogens is 384 g/mol. The van der Waals surface area contributed by atoms with E-state index < -0.39 is 17.0 Å². The van der Waals surface area contributed by atoms with Crippen molar-refractivity contribution < 1.29 is 9.32 Å². The number of rotatable bonds is 3. The summed E-state index contributed by atoms with van der Waals surface area (Å²) in [6.45, 7) is 0.449. The Bertz CT molecular complexity index is 1240. The Morgan fingerprint density at radius 1 is 1.41 bits per heavy atom. The van der Waals surface area contributed by atoms with E-state index in [0.29, 0.717) is 10.9 Å². The number of aliphatic hydroxyl groups is 1. The number of thiazole rings is 1. The predicted octanol–water partition coefficient (Wildman–Crippen LogP) is 2.09. The van der Waals surface area contributed by atoms with E-state index in [1.165, 1.54) is 11.3 Å². The second-order valence-electron chi connectivity index (χ2n) is 6.41. The number of nitrogens with one attached hydrogen (secondary N) is 1. The molecule has 5 rings (SSSR count). The second-order valence-corrected chi connectivity index (χ2v) is 8.96. The fourth-order valence-electron chi connectivity index (χ4n) is 3.47. The van der Waals surface area contributed by atoms with Crippen LogP contribution in [-0.2, 0) is 24.4 Å². The minimum atomic E-state index is -1.13. The Morgan fingerprint density at radius 3 is 3.07 bits per heavy atom. The summed E-state index contributed by atoms with van der Waals surface area (Å²) in [7, 11) is 0.729. The number of nitrogens with zero attached hydrogens (tertiary/aromatic N) is 5. The van der Waals surface area contributed by atoms with Crippen molar-refractivity contribution in [1.29, 1.82) is 0 Å². The van der Waals surface area contributed by atoms with Crippen LogP contribution in [0, 0.1) is 0 Å². The molecule has 0 amide bonds. The van der Waals surface area contributed by atoms with Crippen molar-refractivity contribution in [2.24, 2.45) is 12.1 Å². The van der Waals surface area contributed by atoms with Crippen LogP contribution < -0.4 is 0 Å². The Balaban J connectivity index is 1.55. The molecule has 138 valence electrons. The molecule has 4 aromatic rings. The van der Waals surface area contributed by atoms with Crippen LogP contribution in [0.5, 0.6) is 0 Å². The molecule has 0 spiro atoms. The average molecular weight is 400 g/mol. The molecule has 2 N–H and O–H groups in total. The van der Waals surface area contributed by atoms with E-state index in [1.807, 2.05) is 29.8 Å². The van der Waals surface area contributed by atoms with Gasteiger partial charge in [-0.2, -0.15) is 10.2 Å². The van der Waals surface area contributed by atoms with Crippen LogP contribution >= 0.6 is 11.3 Å². The zero-order valence-corrected chi connectivity index (χ0v) is 16.2. The molecule has 0 saturated heterocycles. The molecule has 0 aliphatic carbocycles. The van der Waals surface area contributed by atoms with Gasteiger partial charge in [0.2, 0.25) is 0 Å². The Kier molecular flexibility index (Phi) is 3.67. The van der Waals surface area contributed by atoms with E-state index in [-0.39, 0.29) is 0 Å². The first-order valence-corrected chi connectivity index (χ1v) is 10.6. The summed E-state index contributed by atoms with van der Waals surface area (Å²) in [6, 6.07) is 5.92. The van der Waals surface area contributed by atoms with Gasteiger partial charge in [-0.25, -0.2) is 4.98 Å². The molecule has 3 aromatic heterocycles. The summed E-state index contributed by atoms with van der Waals surface area (Å²) in [5.41, 5.74) is 4.28. The van der Waals surface area contributed by atoms with Crippen LogP contribution in [0.1, 0.15) is 23.0 Å². The van der Waals surface area contributed by atoms with E-state index in [4.69, 9.17) is 0 Å². The van der Waals surface area contributed by atoms with Crippen molar-refractivity contribution in [2.75, 3.05) is 6.26 Å². The highest BCUT2D eigenvalue weighted by atomic mass is 32.2. The van der Waals surface area contributed by atoms with Crippen LogP contribution in [-0.4, -0.2) is 46.5 Å². The van der Waals surface area contributed by atoms with Gasteiger partial charge >= 0.3 is 0 Å². The van der Waals surface area contributed by atoms with Gasteiger partial charge in [0.25, 0.3) is 0 Å². The van der Waals surface area contributed by atoms with Gasteiger partial charge in [-0.05, 0) is 11.6 Å². The summed E-state index contributed by atoms with van der Waals surface area (Å²) >= 11 is 1.39. The predicted molar refractivity (Wildman–Crippen MR) is 105 cm³/mol. The smallest absolute Gasteiger partial charge is 0.184 e. The van der Waals surface area contributed by atoms with Gasteiger partial charge in [0, 0.05) is 24.3 Å². The summed E-state index contributed by atoms with van der Waals surface area (Å²) in [5.74, 6) is 0. The van der Waals surface area contributed by atoms with Crippen molar-refractivity contribution in [3.8, 4) is 0 Å². The lowest BCUT2D eigenvalue weighted by Gasteiger charge is -2.29. The lowest BCUT2D eigenvalue weighted by molar-refractivity contribution is -0.00973. The van der Waals surface area contributed by atoms with Gasteiger partial charge in [-0.3, -0.25) is 14.3 Å². The zero-order valence-electron chi connectivity index (χ0n) is 14.6. The fraction of sp³-hybridized carbons (Fsp3) is 0.235. The van der Waals surface area contributed by atoms with Crippen LogP contribution in [0.25, 0.3) is 21.3 Å². The quantitative estimate of drug-likeness (QED) is 0.549. The van der Waals surface area contributed by atoms with Crippen LogP contribution in [0.4, 0.5) is 0 Å². The van der Waals surface area contributed by atoms with Gasteiger partial charge in [-0.1, -0.05) is 12.1 Å². The van der Waals surface area contributed by atoms with Crippen LogP contribution in [0.2, 0.25) is 0 Å². The summed E-state index contributed by atoms with van der Waals surface area (Å²) < 4.78 is 15.1. The van der Waals surface area contributed by atoms with E-state index in [0.717, 1.165) is 38.1 Å². The molecule has 10 heteroatoms. The molecule has 2 atom stereocenters. The maximum Gasteiger partial charge on any atom is 0.184 e. The van der Waals surface area contributed by atoms with Gasteiger partial charge in [0.1, 0.15) is 0 Å². The number of H-pyrrole nitrogens is 1. The number of hydrogen-bond acceptors (Lipinski definition) is 7. The Hall–Kier alpha value is -2.56. The molecule has 27 heavy (non-hydrogen) atoms. The summed E-state index contributed by atoms with van der Waals surface area (Å²) in [6.07, 6.45) is 4.26. The van der Waals surface area contributed by atoms with Crippen molar-refractivity contribution in [1.82, 2.24) is 24.8 Å². The van der Waals surface area contributed by atoms with Crippen molar-refractivity contribution in [3.05, 3.63) is 41.2 Å². The SMILES string of the molecule is Cn1c2c(c3sc(S(C)=O)nc31)C=NN(Cc1cccc3[nH]ncc13)C2O. The number of aromatic amines is 1. The van der Waals surface area contributed by atoms with E-state index in [2.05, 4.69) is 20.3 Å². The van der Waals surface area contributed by atoms with E-state index >= 15 is 0 Å². The molecular formula is C17H16N6O2S2. The van der Waals surface area contributed by atoms with Crippen molar-refractivity contribution in [2.45, 2.75) is 17.1 Å². The van der Waals surface area contributed by atoms with Gasteiger partial charge in [-0.15, -0.1) is 11.3 Å². The Labute approximate surface area is 160 Å². The number of fused-ring (bicyclic) bond motifs is 4. The molecule has 1 aliphatic rings. The zero-order chi connectivity index (χ0) is 18.7. The summed E-state index contributed by atoms with van der Waals surface area (Å²) in [4.78, 5) is 4.47. The van der Waals surface area contributed by atoms with Crippen LogP contribution in [0.3, 0.4) is 0 Å². The van der Waals surface area contributed by atoms with Gasteiger partial charge in [0.05, 0.1) is 45.7 Å². The molecule has 1 aromatic carbocycles. The van der Waals surface area contributed by atoms with Crippen molar-refractivity contribution in [3.63, 3.8) is 0 Å². The number of hydrogen-bond donors (Lipinski definition) is 2. The molecule has 0 saturated carbocycles. The number of aliphatic hydroxyl groups excluding tert-OH is 1. The first kappa shape index (κ1) is 16.6. The largest absolute Gasteiger partial charge is 0.367 e. The highest BCUT2D eigenvalue weighted by molar-refractivity contribution is 7.86. The molecule has 8 nitrogen and oxygen atoms in total. The molecule has 0 fully saturated rings. The van der Waals surface area contributed by atoms with Gasteiger partial charge in [0.15, 0.2) is 16.2 Å². The third-order valence-corrected chi connectivity index (χ3v) is 7.21. The third-order valence-electron chi connectivity index (χ3n) is 4.80. The topological polar surface area (TPSA) is 99.4 Å². The molecule has 0 bridgehead atoms. The van der Waals surface area contributed by atoms with Crippen LogP contribution in [0.15, 0.2) is 33.8 Å². The molecule has 2 unspecified atom stereocenters. The van der Waals surface area contributed by atoms with Crippen molar-refractivity contribution >= 4 is 49.6 Å². The number of aryl methyl sites for hydroxylation is 1. The molecule has 0 radical (unpaired) electrons. The molecule has 4 heterocycles. The lowest BCUT2D eigenvalue weighted by atomic mass is 10.1. The maximum atomic E-state index is 11.7. The monoisotopic (exact) mass is 400 g/mol. The Morgan fingerprint density at radius 2 is 2.26 bits per heavy atom. The molecule has 1 aliphatic heterocycles. The lowest BCUT2D eigenvalue weighted by Crippen LogP contribution is -2.29. The number of hydrazone groups is 1. The van der Waals surface area contributed by atoms with E-state index in [9.17, 15) is 9.32 Å². The first-order chi connectivity index (χ1) is 13.0. The number of benzene rings is 1. The third kappa shape index (κ3) is 2.44. The average Bonchev–Trinajstić information content (AvgIpc) is 3.34. The second kappa shape index (κ2) is 5.98. The minimum Gasteiger partial charge on any atom is -0.367 e. The van der Waals surface area contributed by atoms with E-state index in [1.54, 1.807) is 23.7 Å². The highest BCUT2D eigenvalue weighted by Gasteiger charge is 2.30. The first-order valence-electron chi connectivity index (χ1n) is 8.27.